The highest BCUT2D eigenvalue weighted by Gasteiger charge is 2.35. The van der Waals surface area contributed by atoms with Gasteiger partial charge in [0.05, 0.1) is 28.9 Å². The van der Waals surface area contributed by atoms with Gasteiger partial charge in [-0.25, -0.2) is 13.8 Å². The normalized spacial score (nSPS) is 21.7. The highest BCUT2D eigenvalue weighted by molar-refractivity contribution is 6.03. The highest BCUT2D eigenvalue weighted by Crippen LogP contribution is 2.41. The molecule has 7 nitrogen and oxygen atoms in total. The average molecular weight is 533 g/mol. The third-order valence-electron chi connectivity index (χ3n) is 8.03. The van der Waals surface area contributed by atoms with Crippen molar-refractivity contribution in [3.63, 3.8) is 0 Å². The molecule has 0 unspecified atom stereocenters. The van der Waals surface area contributed by atoms with Crippen LogP contribution in [0.15, 0.2) is 53.1 Å². The summed E-state index contributed by atoms with van der Waals surface area (Å²) in [5, 5.41) is 4.10. The molecule has 1 aliphatic carbocycles. The van der Waals surface area contributed by atoms with Crippen LogP contribution in [0.3, 0.4) is 0 Å². The minimum atomic E-state index is -0.996. The molecule has 1 fully saturated rings. The van der Waals surface area contributed by atoms with E-state index in [0.717, 1.165) is 77.3 Å². The van der Waals surface area contributed by atoms with Crippen LogP contribution in [0.25, 0.3) is 22.2 Å². The molecule has 1 amide bonds. The first-order valence-electron chi connectivity index (χ1n) is 13.3. The molecule has 4 aromatic rings. The molecule has 2 aromatic heterocycles. The molecule has 1 saturated carbocycles. The van der Waals surface area contributed by atoms with Crippen molar-refractivity contribution in [3.8, 4) is 11.1 Å². The molecule has 0 saturated heterocycles. The largest absolute Gasteiger partial charge is 0.381 e. The number of anilines is 1. The van der Waals surface area contributed by atoms with E-state index in [1.807, 2.05) is 26.0 Å². The van der Waals surface area contributed by atoms with Crippen LogP contribution in [-0.2, 0) is 9.53 Å². The zero-order chi connectivity index (χ0) is 27.3. The maximum Gasteiger partial charge on any atom is 0.251 e. The fourth-order valence-electron chi connectivity index (χ4n) is 6.13. The minimum absolute atomic E-state index is 0.161. The number of halogens is 2. The molecule has 0 bridgehead atoms. The minimum Gasteiger partial charge on any atom is -0.381 e. The third kappa shape index (κ3) is 4.44. The number of fused-ring (bicyclic) bond motifs is 1. The van der Waals surface area contributed by atoms with Crippen molar-refractivity contribution in [1.82, 2.24) is 14.7 Å². The molecule has 2 aliphatic rings. The fraction of sp³-hybridized carbons (Fsp3) is 0.367. The van der Waals surface area contributed by atoms with Crippen LogP contribution in [0.1, 0.15) is 61.5 Å². The predicted octanol–water partition coefficient (Wildman–Crippen LogP) is 6.75. The van der Waals surface area contributed by atoms with Crippen LogP contribution in [-0.4, -0.2) is 33.8 Å². The Hall–Kier alpha value is -3.85. The smallest absolute Gasteiger partial charge is 0.251 e. The van der Waals surface area contributed by atoms with Gasteiger partial charge >= 0.3 is 0 Å². The number of aryl methyl sites for hydroxylation is 2. The van der Waals surface area contributed by atoms with Gasteiger partial charge in [-0.1, -0.05) is 17.3 Å². The van der Waals surface area contributed by atoms with Crippen LogP contribution in [0.2, 0.25) is 0 Å². The molecule has 0 radical (unpaired) electrons. The Bertz CT molecular complexity index is 1560. The number of amides is 1. The van der Waals surface area contributed by atoms with E-state index >= 15 is 0 Å². The van der Waals surface area contributed by atoms with Crippen molar-refractivity contribution >= 4 is 22.6 Å². The average Bonchev–Trinajstić information content (AvgIpc) is 3.48. The van der Waals surface area contributed by atoms with Crippen LogP contribution < -0.4 is 4.90 Å². The quantitative estimate of drug-likeness (QED) is 0.284. The second-order valence-corrected chi connectivity index (χ2v) is 10.4. The van der Waals surface area contributed by atoms with Gasteiger partial charge in [-0.2, -0.15) is 0 Å². The lowest BCUT2D eigenvalue weighted by molar-refractivity contribution is -0.115. The van der Waals surface area contributed by atoms with E-state index in [1.165, 1.54) is 17.0 Å². The van der Waals surface area contributed by atoms with Crippen LogP contribution in [0, 0.1) is 25.5 Å². The zero-order valence-electron chi connectivity index (χ0n) is 22.2. The van der Waals surface area contributed by atoms with Gasteiger partial charge in [0.2, 0.25) is 0 Å². The summed E-state index contributed by atoms with van der Waals surface area (Å²) in [5.41, 5.74) is 4.75. The summed E-state index contributed by atoms with van der Waals surface area (Å²) in [4.78, 5) is 19.8. The Balaban J connectivity index is 1.51. The first-order valence-corrected chi connectivity index (χ1v) is 13.3. The second-order valence-electron chi connectivity index (χ2n) is 10.4. The molecule has 6 rings (SSSR count). The summed E-state index contributed by atoms with van der Waals surface area (Å²) >= 11 is 0. The maximum atomic E-state index is 14.3. The van der Waals surface area contributed by atoms with Gasteiger partial charge in [0, 0.05) is 30.5 Å². The predicted molar refractivity (Wildman–Crippen MR) is 143 cm³/mol. The van der Waals surface area contributed by atoms with Gasteiger partial charge in [0.25, 0.3) is 5.91 Å². The van der Waals surface area contributed by atoms with Crippen LogP contribution >= 0.6 is 0 Å². The molecular formula is C30H30F2N4O3. The molecule has 9 heteroatoms. The van der Waals surface area contributed by atoms with Gasteiger partial charge in [0.1, 0.15) is 11.6 Å². The Morgan fingerprint density at radius 1 is 1.03 bits per heavy atom. The van der Waals surface area contributed by atoms with Crippen molar-refractivity contribution in [3.05, 3.63) is 77.5 Å². The molecule has 202 valence electrons. The van der Waals surface area contributed by atoms with Crippen molar-refractivity contribution < 1.29 is 22.8 Å². The van der Waals surface area contributed by atoms with E-state index in [2.05, 4.69) is 21.9 Å². The number of ether oxygens (including phenoxy) is 1. The van der Waals surface area contributed by atoms with Gasteiger partial charge in [-0.05, 0) is 81.9 Å². The Labute approximate surface area is 225 Å². The summed E-state index contributed by atoms with van der Waals surface area (Å²) in [6.07, 6.45) is 7.69. The lowest BCUT2D eigenvalue weighted by atomic mass is 9.92. The van der Waals surface area contributed by atoms with E-state index in [9.17, 15) is 13.6 Å². The van der Waals surface area contributed by atoms with Crippen LogP contribution in [0.4, 0.5) is 14.5 Å². The SMILES string of the molecule is COC1CCC(n2c([C@@H]3CC=CC(=O)N3c3ccc(F)c(F)c3)nc3cc(-c4c(C)noc4C)ccc32)CC1. The lowest BCUT2D eigenvalue weighted by Crippen LogP contribution is -2.38. The van der Waals surface area contributed by atoms with Gasteiger partial charge in [-0.3, -0.25) is 9.69 Å². The van der Waals surface area contributed by atoms with Gasteiger partial charge < -0.3 is 13.8 Å². The van der Waals surface area contributed by atoms with E-state index < -0.39 is 17.7 Å². The number of aromatic nitrogens is 3. The van der Waals surface area contributed by atoms with Gasteiger partial charge in [0.15, 0.2) is 11.6 Å². The Morgan fingerprint density at radius 3 is 2.51 bits per heavy atom. The number of methoxy groups -OCH3 is 1. The Morgan fingerprint density at radius 2 is 1.82 bits per heavy atom. The van der Waals surface area contributed by atoms with Crippen LogP contribution in [0.5, 0.6) is 0 Å². The molecule has 0 spiro atoms. The number of benzene rings is 2. The third-order valence-corrected chi connectivity index (χ3v) is 8.03. The van der Waals surface area contributed by atoms with Gasteiger partial charge in [-0.15, -0.1) is 0 Å². The Kier molecular flexibility index (Phi) is 6.54. The molecule has 0 N–H and O–H groups in total. The molecule has 1 atom stereocenters. The second kappa shape index (κ2) is 10.0. The number of rotatable bonds is 5. The van der Waals surface area contributed by atoms with Crippen molar-refractivity contribution in [2.45, 2.75) is 64.1 Å². The number of hydrogen-bond donors (Lipinski definition) is 0. The highest BCUT2D eigenvalue weighted by atomic mass is 19.2. The summed E-state index contributed by atoms with van der Waals surface area (Å²) < 4.78 is 41.3. The van der Waals surface area contributed by atoms with Crippen molar-refractivity contribution in [1.29, 1.82) is 0 Å². The number of carbonyl (C=O) groups excluding carboxylic acids is 1. The fourth-order valence-corrected chi connectivity index (χ4v) is 6.13. The molecule has 39 heavy (non-hydrogen) atoms. The summed E-state index contributed by atoms with van der Waals surface area (Å²) in [5.74, 6) is -0.787. The molecular weight excluding hydrogens is 502 g/mol. The number of nitrogens with zero attached hydrogens (tertiary/aromatic N) is 4. The molecule has 2 aromatic carbocycles. The molecule has 3 heterocycles. The standard InChI is InChI=1S/C30H30F2N4O3/c1-17-29(18(2)39-34-17)19-7-14-26-25(15-19)33-30(36(26)20-8-11-22(38-3)12-9-20)27-5-4-6-28(37)35(27)21-10-13-23(31)24(32)16-21/h4,6-7,10,13-16,20,22,27H,5,8-9,11-12H2,1-3H3/t20?,22?,27-/m0/s1. The molecule has 1 aliphatic heterocycles. The van der Waals surface area contributed by atoms with E-state index in [4.69, 9.17) is 14.2 Å². The topological polar surface area (TPSA) is 73.4 Å². The van der Waals surface area contributed by atoms with Crippen molar-refractivity contribution in [2.24, 2.45) is 0 Å². The van der Waals surface area contributed by atoms with Crippen molar-refractivity contribution in [2.75, 3.05) is 12.0 Å². The zero-order valence-corrected chi connectivity index (χ0v) is 22.2. The first kappa shape index (κ1) is 25.4. The van der Waals surface area contributed by atoms with E-state index in [-0.39, 0.29) is 18.1 Å². The summed E-state index contributed by atoms with van der Waals surface area (Å²) in [7, 11) is 1.75. The summed E-state index contributed by atoms with van der Waals surface area (Å²) in [6.45, 7) is 3.80. The first-order chi connectivity index (χ1) is 18.9. The lowest BCUT2D eigenvalue weighted by Gasteiger charge is -2.36. The van der Waals surface area contributed by atoms with E-state index in [0.29, 0.717) is 12.1 Å². The van der Waals surface area contributed by atoms with E-state index in [1.54, 1.807) is 7.11 Å². The number of hydrogen-bond acceptors (Lipinski definition) is 5. The summed E-state index contributed by atoms with van der Waals surface area (Å²) in [6, 6.07) is 9.40. The number of carbonyl (C=O) groups is 1. The number of imidazole rings is 1. The maximum absolute atomic E-state index is 14.3. The monoisotopic (exact) mass is 532 g/mol.